The second-order valence-corrected chi connectivity index (χ2v) is 9.20. The predicted octanol–water partition coefficient (Wildman–Crippen LogP) is 4.10. The molecule has 7 nitrogen and oxygen atoms in total. The molecule has 1 unspecified atom stereocenters. The van der Waals surface area contributed by atoms with Crippen LogP contribution in [0.3, 0.4) is 0 Å². The first-order valence-corrected chi connectivity index (χ1v) is 10.7. The monoisotopic (exact) mass is 440 g/mol. The van der Waals surface area contributed by atoms with Crippen LogP contribution in [-0.2, 0) is 9.47 Å². The average Bonchev–Trinajstić information content (AvgIpc) is 3.04. The molecule has 0 bridgehead atoms. The Morgan fingerprint density at radius 3 is 1.88 bits per heavy atom. The molecule has 0 heterocycles. The molecule has 32 heavy (non-hydrogen) atoms. The van der Waals surface area contributed by atoms with Gasteiger partial charge in [0.05, 0.1) is 19.2 Å². The first-order chi connectivity index (χ1) is 15.1. The molecule has 172 valence electrons. The smallest absolute Gasteiger partial charge is 0.410 e. The molecule has 7 heteroatoms. The third kappa shape index (κ3) is 5.59. The highest BCUT2D eigenvalue weighted by molar-refractivity contribution is 5.79. The van der Waals surface area contributed by atoms with Gasteiger partial charge in [0.25, 0.3) is 0 Å². The van der Waals surface area contributed by atoms with E-state index in [2.05, 4.69) is 24.3 Å². The van der Waals surface area contributed by atoms with Crippen LogP contribution in [0, 0.1) is 0 Å². The number of hydrogen-bond acceptors (Lipinski definition) is 5. The fourth-order valence-corrected chi connectivity index (χ4v) is 3.88. The van der Waals surface area contributed by atoms with E-state index in [1.165, 1.54) is 9.80 Å². The summed E-state index contributed by atoms with van der Waals surface area (Å²) in [6.07, 6.45) is -1.98. The first kappa shape index (κ1) is 23.6. The van der Waals surface area contributed by atoms with Crippen molar-refractivity contribution < 1.29 is 24.2 Å². The number of benzene rings is 2. The van der Waals surface area contributed by atoms with E-state index >= 15 is 0 Å². The quantitative estimate of drug-likeness (QED) is 0.732. The number of likely N-dealkylation sites (N-methyl/N-ethyl adjacent to an activating group) is 2. The van der Waals surface area contributed by atoms with Gasteiger partial charge < -0.3 is 24.4 Å². The number of fused-ring (bicyclic) bond motifs is 3. The van der Waals surface area contributed by atoms with Crippen molar-refractivity contribution in [3.05, 3.63) is 59.7 Å². The third-order valence-electron chi connectivity index (χ3n) is 5.32. The minimum absolute atomic E-state index is 0.0250. The molecule has 1 aliphatic carbocycles. The largest absolute Gasteiger partial charge is 0.448 e. The van der Waals surface area contributed by atoms with Gasteiger partial charge in [0.1, 0.15) is 12.2 Å². The summed E-state index contributed by atoms with van der Waals surface area (Å²) in [5.74, 6) is -0.0250. The second kappa shape index (κ2) is 9.61. The van der Waals surface area contributed by atoms with Crippen LogP contribution in [0.25, 0.3) is 11.1 Å². The Bertz CT molecular complexity index is 923. The molecule has 2 amide bonds. The van der Waals surface area contributed by atoms with Crippen LogP contribution >= 0.6 is 0 Å². The number of nitrogens with zero attached hydrogens (tertiary/aromatic N) is 2. The molecule has 0 radical (unpaired) electrons. The molecule has 0 saturated heterocycles. The van der Waals surface area contributed by atoms with Crippen molar-refractivity contribution in [3.8, 4) is 11.1 Å². The van der Waals surface area contributed by atoms with Crippen molar-refractivity contribution in [1.82, 2.24) is 9.80 Å². The standard InChI is InChI=1S/C25H32N2O5/c1-25(2,3)32-24(30)27(5)15-17(28)14-26(4)23(29)31-16-22-20-12-8-6-10-18(20)19-11-7-9-13-21(19)22/h6-13,17,22,28H,14-16H2,1-5H3. The van der Waals surface area contributed by atoms with Gasteiger partial charge in [-0.2, -0.15) is 0 Å². The zero-order chi connectivity index (χ0) is 23.5. The summed E-state index contributed by atoms with van der Waals surface area (Å²) in [7, 11) is 3.11. The molecule has 1 N–H and O–H groups in total. The Morgan fingerprint density at radius 2 is 1.38 bits per heavy atom. The van der Waals surface area contributed by atoms with Gasteiger partial charge in [-0.25, -0.2) is 9.59 Å². The van der Waals surface area contributed by atoms with E-state index in [-0.39, 0.29) is 25.6 Å². The normalized spacial score (nSPS) is 13.7. The zero-order valence-corrected chi connectivity index (χ0v) is 19.4. The molecule has 0 fully saturated rings. The number of rotatable bonds is 6. The number of ether oxygens (including phenoxy) is 2. The molecule has 0 aromatic heterocycles. The van der Waals surface area contributed by atoms with Crippen LogP contribution in [0.15, 0.2) is 48.5 Å². The maximum absolute atomic E-state index is 12.6. The van der Waals surface area contributed by atoms with E-state index in [4.69, 9.17) is 9.47 Å². The van der Waals surface area contributed by atoms with Crippen molar-refractivity contribution in [2.45, 2.75) is 38.4 Å². The van der Waals surface area contributed by atoms with Crippen LogP contribution in [-0.4, -0.2) is 72.6 Å². The maximum Gasteiger partial charge on any atom is 0.410 e. The van der Waals surface area contributed by atoms with Crippen molar-refractivity contribution in [2.24, 2.45) is 0 Å². The third-order valence-corrected chi connectivity index (χ3v) is 5.32. The zero-order valence-electron chi connectivity index (χ0n) is 19.4. The van der Waals surface area contributed by atoms with Gasteiger partial charge in [0.2, 0.25) is 0 Å². The minimum atomic E-state index is -0.932. The molecule has 1 aliphatic rings. The van der Waals surface area contributed by atoms with Gasteiger partial charge in [0.15, 0.2) is 0 Å². The molecular formula is C25H32N2O5. The van der Waals surface area contributed by atoms with Crippen molar-refractivity contribution >= 4 is 12.2 Å². The first-order valence-electron chi connectivity index (χ1n) is 10.7. The second-order valence-electron chi connectivity index (χ2n) is 9.20. The topological polar surface area (TPSA) is 79.3 Å². The molecule has 2 aromatic carbocycles. The van der Waals surface area contributed by atoms with Gasteiger partial charge >= 0.3 is 12.2 Å². The summed E-state index contributed by atoms with van der Waals surface area (Å²) in [5.41, 5.74) is 4.00. The number of carbonyl (C=O) groups excluding carboxylic acids is 2. The number of aliphatic hydroxyl groups excluding tert-OH is 1. The van der Waals surface area contributed by atoms with Crippen LogP contribution in [0.1, 0.15) is 37.8 Å². The molecule has 2 aromatic rings. The van der Waals surface area contributed by atoms with E-state index in [9.17, 15) is 14.7 Å². The lowest BCUT2D eigenvalue weighted by molar-refractivity contribution is 0.0172. The van der Waals surface area contributed by atoms with E-state index in [0.29, 0.717) is 0 Å². The molecule has 3 rings (SSSR count). The van der Waals surface area contributed by atoms with E-state index in [0.717, 1.165) is 22.3 Å². The Labute approximate surface area is 189 Å². The Balaban J connectivity index is 1.54. The summed E-state index contributed by atoms with van der Waals surface area (Å²) in [6.45, 7) is 5.62. The lowest BCUT2D eigenvalue weighted by Gasteiger charge is -2.27. The lowest BCUT2D eigenvalue weighted by Crippen LogP contribution is -2.43. The van der Waals surface area contributed by atoms with Crippen molar-refractivity contribution in [2.75, 3.05) is 33.8 Å². The van der Waals surface area contributed by atoms with Crippen molar-refractivity contribution in [3.63, 3.8) is 0 Å². The van der Waals surface area contributed by atoms with E-state index in [1.54, 1.807) is 34.9 Å². The van der Waals surface area contributed by atoms with Gasteiger partial charge in [-0.3, -0.25) is 0 Å². The van der Waals surface area contributed by atoms with Crippen LogP contribution in [0.5, 0.6) is 0 Å². The highest BCUT2D eigenvalue weighted by Crippen LogP contribution is 2.44. The summed E-state index contributed by atoms with van der Waals surface area (Å²) in [6, 6.07) is 16.3. The summed E-state index contributed by atoms with van der Waals surface area (Å²) in [5, 5.41) is 10.3. The molecule has 0 saturated carbocycles. The number of carbonyl (C=O) groups is 2. The van der Waals surface area contributed by atoms with Crippen molar-refractivity contribution in [1.29, 1.82) is 0 Å². The fourth-order valence-electron chi connectivity index (χ4n) is 3.88. The Morgan fingerprint density at radius 1 is 0.906 bits per heavy atom. The summed E-state index contributed by atoms with van der Waals surface area (Å²) in [4.78, 5) is 27.2. The van der Waals surface area contributed by atoms with E-state index in [1.807, 2.05) is 24.3 Å². The van der Waals surface area contributed by atoms with Gasteiger partial charge in [-0.05, 0) is 43.0 Å². The van der Waals surface area contributed by atoms with Crippen LogP contribution in [0.4, 0.5) is 9.59 Å². The van der Waals surface area contributed by atoms with Gasteiger partial charge in [-0.15, -0.1) is 0 Å². The lowest BCUT2D eigenvalue weighted by atomic mass is 9.98. The Kier molecular flexibility index (Phi) is 7.09. The van der Waals surface area contributed by atoms with Gasteiger partial charge in [-0.1, -0.05) is 48.5 Å². The van der Waals surface area contributed by atoms with Crippen LogP contribution in [0.2, 0.25) is 0 Å². The highest BCUT2D eigenvalue weighted by Gasteiger charge is 2.30. The average molecular weight is 441 g/mol. The number of hydrogen-bond donors (Lipinski definition) is 1. The summed E-state index contributed by atoms with van der Waals surface area (Å²) < 4.78 is 10.9. The maximum atomic E-state index is 12.6. The fraction of sp³-hybridized carbons (Fsp3) is 0.440. The minimum Gasteiger partial charge on any atom is -0.448 e. The van der Waals surface area contributed by atoms with Crippen LogP contribution < -0.4 is 0 Å². The number of aliphatic hydroxyl groups is 1. The number of amides is 2. The predicted molar refractivity (Wildman–Crippen MR) is 123 cm³/mol. The summed E-state index contributed by atoms with van der Waals surface area (Å²) >= 11 is 0. The molecule has 0 spiro atoms. The van der Waals surface area contributed by atoms with Gasteiger partial charge in [0, 0.05) is 20.0 Å². The SMILES string of the molecule is CN(CC(O)CN(C)C(=O)OC(C)(C)C)C(=O)OCC1c2ccccc2-c2ccccc21. The van der Waals surface area contributed by atoms with E-state index < -0.39 is 23.9 Å². The molecule has 0 aliphatic heterocycles. The highest BCUT2D eigenvalue weighted by atomic mass is 16.6. The Hall–Kier alpha value is -3.06. The molecule has 1 atom stereocenters. The molecular weight excluding hydrogens is 408 g/mol.